The van der Waals surface area contributed by atoms with Gasteiger partial charge in [-0.05, 0) is 18.9 Å². The number of carboxylic acids is 2. The summed E-state index contributed by atoms with van der Waals surface area (Å²) in [6.07, 6.45) is -5.04. The van der Waals surface area contributed by atoms with E-state index in [9.17, 15) is 34.2 Å². The van der Waals surface area contributed by atoms with Gasteiger partial charge in [-0.1, -0.05) is 0 Å². The van der Waals surface area contributed by atoms with Gasteiger partial charge in [0.25, 0.3) is 0 Å². The number of aliphatic carboxylic acids is 2. The summed E-state index contributed by atoms with van der Waals surface area (Å²) >= 11 is 0. The molecule has 1 saturated heterocycles. The predicted octanol–water partition coefficient (Wildman–Crippen LogP) is -2.21. The van der Waals surface area contributed by atoms with Crippen molar-refractivity contribution in [3.63, 3.8) is 0 Å². The molecule has 1 fully saturated rings. The highest BCUT2D eigenvalue weighted by atomic mass is 16.6. The van der Waals surface area contributed by atoms with Crippen molar-refractivity contribution >= 4 is 29.6 Å². The first kappa shape index (κ1) is 26.8. The molecule has 15 heteroatoms. The second kappa shape index (κ2) is 12.2. The first-order valence-electron chi connectivity index (χ1n) is 10.3. The third-order valence-corrected chi connectivity index (χ3v) is 4.89. The number of esters is 1. The number of hydrogen-bond donors (Lipinski definition) is 6. The fraction of sp³-hybridized carbons (Fsp3) is 0.579. The molecule has 0 radical (unpaired) electrons. The number of aromatic nitrogens is 2. The van der Waals surface area contributed by atoms with Crippen LogP contribution in [-0.2, 0) is 28.7 Å². The Kier molecular flexibility index (Phi) is 9.61. The Morgan fingerprint density at radius 2 is 1.88 bits per heavy atom. The number of amides is 1. The van der Waals surface area contributed by atoms with Gasteiger partial charge in [-0.15, -0.1) is 0 Å². The van der Waals surface area contributed by atoms with Crippen LogP contribution >= 0.6 is 0 Å². The third kappa shape index (κ3) is 7.58. The maximum absolute atomic E-state index is 12.4. The van der Waals surface area contributed by atoms with E-state index in [4.69, 9.17) is 25.4 Å². The van der Waals surface area contributed by atoms with Gasteiger partial charge < -0.3 is 41.0 Å². The van der Waals surface area contributed by atoms with Gasteiger partial charge >= 0.3 is 23.6 Å². The first-order chi connectivity index (χ1) is 16.0. The van der Waals surface area contributed by atoms with Gasteiger partial charge in [0.1, 0.15) is 36.8 Å². The maximum atomic E-state index is 12.4. The van der Waals surface area contributed by atoms with Gasteiger partial charge in [-0.3, -0.25) is 23.7 Å². The highest BCUT2D eigenvalue weighted by Crippen LogP contribution is 2.28. The number of aliphatic hydroxyl groups is 2. The zero-order valence-electron chi connectivity index (χ0n) is 17.9. The minimum Gasteiger partial charge on any atom is -0.481 e. The molecule has 0 saturated carbocycles. The van der Waals surface area contributed by atoms with Crippen LogP contribution < -0.4 is 16.7 Å². The van der Waals surface area contributed by atoms with Crippen LogP contribution in [-0.4, -0.2) is 84.8 Å². The molecule has 15 nitrogen and oxygen atoms in total. The monoisotopic (exact) mass is 486 g/mol. The van der Waals surface area contributed by atoms with Gasteiger partial charge in [0.15, 0.2) is 6.23 Å². The number of hydrogen-bond acceptors (Lipinski definition) is 11. The standard InChI is InChI=1S/C19H26N4O11/c20-9(18(30)31)4-5-12(24)21-11-6-7-23(19(32)22-11)17-16(29)15(28)10(34-17)8-33-14(27)3-1-2-13(25)26/h6-7,9-10,15-17,28-29H,1-5,8,20H2,(H,25,26)(H,30,31)(H,21,22,24,32). The van der Waals surface area contributed by atoms with Crippen LogP contribution in [0.15, 0.2) is 17.1 Å². The van der Waals surface area contributed by atoms with Crippen LogP contribution in [0.25, 0.3) is 0 Å². The molecule has 188 valence electrons. The molecule has 1 aliphatic heterocycles. The normalized spacial score (nSPS) is 22.7. The van der Waals surface area contributed by atoms with Crippen molar-refractivity contribution in [3.8, 4) is 0 Å². The summed E-state index contributed by atoms with van der Waals surface area (Å²) < 4.78 is 11.3. The fourth-order valence-corrected chi connectivity index (χ4v) is 3.02. The van der Waals surface area contributed by atoms with Gasteiger partial charge in [0.05, 0.1) is 0 Å². The van der Waals surface area contributed by atoms with Gasteiger partial charge in [-0.2, -0.15) is 4.98 Å². The molecule has 1 aromatic heterocycles. The number of aliphatic hydroxyl groups excluding tert-OH is 2. The number of carboxylic acid groups (broad SMARTS) is 2. The van der Waals surface area contributed by atoms with Crippen LogP contribution in [0, 0.1) is 0 Å². The Morgan fingerprint density at radius 3 is 2.50 bits per heavy atom. The lowest BCUT2D eigenvalue weighted by Crippen LogP contribution is -2.36. The fourth-order valence-electron chi connectivity index (χ4n) is 3.02. The summed E-state index contributed by atoms with van der Waals surface area (Å²) in [6.45, 7) is -0.435. The second-order valence-electron chi connectivity index (χ2n) is 7.51. The van der Waals surface area contributed by atoms with Gasteiger partial charge in [0.2, 0.25) is 5.91 Å². The highest BCUT2D eigenvalue weighted by Gasteiger charge is 2.44. The summed E-state index contributed by atoms with van der Waals surface area (Å²) in [5.74, 6) is -3.76. The Hall–Kier alpha value is -3.40. The SMILES string of the molecule is NC(CCC(=O)Nc1ccn(C2OC(COC(=O)CCCC(=O)O)C(O)C2O)c(=O)n1)C(=O)O. The minimum absolute atomic E-state index is 0.0732. The summed E-state index contributed by atoms with van der Waals surface area (Å²) in [7, 11) is 0. The molecule has 2 heterocycles. The van der Waals surface area contributed by atoms with Gasteiger partial charge in [-0.25, -0.2) is 4.79 Å². The van der Waals surface area contributed by atoms with E-state index < -0.39 is 66.7 Å². The molecule has 0 bridgehead atoms. The molecule has 5 unspecified atom stereocenters. The van der Waals surface area contributed by atoms with E-state index in [2.05, 4.69) is 10.3 Å². The molecule has 5 atom stereocenters. The van der Waals surface area contributed by atoms with Gasteiger partial charge in [0, 0.05) is 25.5 Å². The molecular formula is C19H26N4O11. The van der Waals surface area contributed by atoms with Crippen molar-refractivity contribution in [2.75, 3.05) is 11.9 Å². The molecule has 2 rings (SSSR count). The van der Waals surface area contributed by atoms with E-state index in [-0.39, 0.29) is 37.9 Å². The van der Waals surface area contributed by atoms with Crippen molar-refractivity contribution in [1.29, 1.82) is 0 Å². The lowest BCUT2D eigenvalue weighted by atomic mass is 10.1. The second-order valence-corrected chi connectivity index (χ2v) is 7.51. The van der Waals surface area contributed by atoms with Crippen LogP contribution in [0.3, 0.4) is 0 Å². The number of rotatable bonds is 12. The number of nitrogens with two attached hydrogens (primary N) is 1. The number of carbonyl (C=O) groups is 4. The number of carbonyl (C=O) groups excluding carboxylic acids is 2. The van der Waals surface area contributed by atoms with Crippen molar-refractivity contribution in [3.05, 3.63) is 22.7 Å². The maximum Gasteiger partial charge on any atom is 0.351 e. The number of anilines is 1. The quantitative estimate of drug-likeness (QED) is 0.172. The van der Waals surface area contributed by atoms with Crippen LogP contribution in [0.5, 0.6) is 0 Å². The Bertz CT molecular complexity index is 966. The third-order valence-electron chi connectivity index (χ3n) is 4.89. The number of ether oxygens (including phenoxy) is 2. The van der Waals surface area contributed by atoms with Crippen LogP contribution in [0.1, 0.15) is 38.3 Å². The lowest BCUT2D eigenvalue weighted by Gasteiger charge is -2.17. The molecular weight excluding hydrogens is 460 g/mol. The topological polar surface area (TPSA) is 241 Å². The molecule has 1 amide bonds. The zero-order chi connectivity index (χ0) is 25.4. The van der Waals surface area contributed by atoms with E-state index in [1.165, 1.54) is 6.07 Å². The lowest BCUT2D eigenvalue weighted by molar-refractivity contribution is -0.150. The van der Waals surface area contributed by atoms with E-state index in [1.807, 2.05) is 0 Å². The molecule has 34 heavy (non-hydrogen) atoms. The predicted molar refractivity (Wildman–Crippen MR) is 110 cm³/mol. The van der Waals surface area contributed by atoms with E-state index in [0.29, 0.717) is 0 Å². The van der Waals surface area contributed by atoms with Crippen molar-refractivity contribution in [2.45, 2.75) is 62.7 Å². The Labute approximate surface area is 192 Å². The zero-order valence-corrected chi connectivity index (χ0v) is 17.9. The van der Waals surface area contributed by atoms with Crippen LogP contribution in [0.4, 0.5) is 5.82 Å². The Morgan fingerprint density at radius 1 is 1.18 bits per heavy atom. The largest absolute Gasteiger partial charge is 0.481 e. The molecule has 1 aliphatic rings. The van der Waals surface area contributed by atoms with Crippen molar-refractivity contribution in [1.82, 2.24) is 9.55 Å². The number of nitrogens with zero attached hydrogens (tertiary/aromatic N) is 2. The minimum atomic E-state index is -1.56. The average molecular weight is 486 g/mol. The summed E-state index contributed by atoms with van der Waals surface area (Å²) in [5.41, 5.74) is 4.39. The summed E-state index contributed by atoms with van der Waals surface area (Å²) in [4.78, 5) is 60.7. The van der Waals surface area contributed by atoms with Crippen molar-refractivity contribution < 1.29 is 49.1 Å². The smallest absolute Gasteiger partial charge is 0.351 e. The molecule has 1 aromatic rings. The average Bonchev–Trinajstić information content (AvgIpc) is 3.04. The summed E-state index contributed by atoms with van der Waals surface area (Å²) in [5, 5.41) is 40.0. The molecule has 0 aromatic carbocycles. The molecule has 7 N–H and O–H groups in total. The highest BCUT2D eigenvalue weighted by molar-refractivity contribution is 5.90. The first-order valence-corrected chi connectivity index (χ1v) is 10.3. The Balaban J connectivity index is 1.93. The van der Waals surface area contributed by atoms with E-state index >= 15 is 0 Å². The van der Waals surface area contributed by atoms with Crippen molar-refractivity contribution in [2.24, 2.45) is 5.73 Å². The number of nitrogens with one attached hydrogen (secondary N) is 1. The van der Waals surface area contributed by atoms with E-state index in [0.717, 1.165) is 10.8 Å². The van der Waals surface area contributed by atoms with E-state index in [1.54, 1.807) is 0 Å². The molecule has 0 spiro atoms. The molecule has 0 aliphatic carbocycles. The van der Waals surface area contributed by atoms with Crippen LogP contribution in [0.2, 0.25) is 0 Å². The summed E-state index contributed by atoms with van der Waals surface area (Å²) in [6, 6.07) is 0.0189.